The molecule has 0 atom stereocenters. The average molecular weight is 762 g/mol. The Morgan fingerprint density at radius 1 is 0.536 bits per heavy atom. The molecule has 0 spiro atoms. The molecule has 0 aliphatic rings. The van der Waals surface area contributed by atoms with Crippen molar-refractivity contribution >= 4 is 6.14 Å². The zero-order valence-electron chi connectivity index (χ0n) is 19.1. The number of rotatable bonds is 16. The maximum atomic E-state index is 6.30. The first kappa shape index (κ1) is 26.7. The molecule has 2 nitrogen and oxygen atoms in total. The van der Waals surface area contributed by atoms with Crippen LogP contribution >= 0.6 is 0 Å². The summed E-state index contributed by atoms with van der Waals surface area (Å²) in [5.74, 6) is 2.43. The summed E-state index contributed by atoms with van der Waals surface area (Å²) in [6, 6.07) is 0. The van der Waals surface area contributed by atoms with Gasteiger partial charge in [-0.25, -0.2) is 0 Å². The molecule has 0 saturated carbocycles. The molecule has 0 heterocycles. The summed E-state index contributed by atoms with van der Waals surface area (Å²) in [5, 5.41) is 0. The Bertz CT molecular complexity index is 480. The van der Waals surface area contributed by atoms with Gasteiger partial charge in [-0.1, -0.05) is 0 Å². The van der Waals surface area contributed by atoms with E-state index in [0.29, 0.717) is 52.2 Å². The first-order chi connectivity index (χ1) is 13.5. The standard InChI is InChI=1S/C24H40O2.2Hg/c1-5-7-9-11-13-15-19-25-23-17-18-24(22(4)21(23)3)26-20-16-14-12-10-8-6-2;;/h5-16,19-20H2,1-4H3;;. The van der Waals surface area contributed by atoms with E-state index in [4.69, 9.17) is 9.47 Å². The summed E-state index contributed by atoms with van der Waals surface area (Å²) in [6.07, 6.45) is 15.8. The van der Waals surface area contributed by atoms with Crippen molar-refractivity contribution in [3.05, 3.63) is 11.1 Å². The van der Waals surface area contributed by atoms with E-state index in [-0.39, 0.29) is 0 Å². The number of unbranched alkanes of at least 4 members (excludes halogenated alkanes) is 10. The first-order valence-electron chi connectivity index (χ1n) is 11.6. The molecule has 0 N–H and O–H groups in total. The molecular weight excluding hydrogens is 721 g/mol. The van der Waals surface area contributed by atoms with Crippen LogP contribution in [0.1, 0.15) is 102 Å². The Balaban J connectivity index is 2.52. The number of hydrogen-bond acceptors (Lipinski definition) is 2. The Hall–Kier alpha value is 0.690. The van der Waals surface area contributed by atoms with E-state index >= 15 is 0 Å². The van der Waals surface area contributed by atoms with Gasteiger partial charge in [-0.05, 0) is 0 Å². The molecule has 1 aromatic carbocycles. The zero-order chi connectivity index (χ0) is 20.8. The topological polar surface area (TPSA) is 18.5 Å². The van der Waals surface area contributed by atoms with Crippen molar-refractivity contribution in [2.75, 3.05) is 13.2 Å². The third kappa shape index (κ3) is 9.67. The minimum atomic E-state index is 0.577. The fourth-order valence-corrected chi connectivity index (χ4v) is 7.67. The van der Waals surface area contributed by atoms with Crippen molar-refractivity contribution in [2.24, 2.45) is 0 Å². The van der Waals surface area contributed by atoms with Crippen LogP contribution < -0.4 is 15.6 Å². The molecule has 0 radical (unpaired) electrons. The van der Waals surface area contributed by atoms with Crippen molar-refractivity contribution < 1.29 is 61.7 Å². The molecule has 152 valence electrons. The molecule has 0 aliphatic heterocycles. The Kier molecular flexibility index (Phi) is 15.6. The number of hydrogen-bond donors (Lipinski definition) is 0. The van der Waals surface area contributed by atoms with E-state index in [1.807, 2.05) is 0 Å². The molecule has 0 amide bonds. The summed E-state index contributed by atoms with van der Waals surface area (Å²) in [4.78, 5) is 0. The number of ether oxygens (including phenoxy) is 2. The summed E-state index contributed by atoms with van der Waals surface area (Å²) in [6.45, 7) is 10.8. The summed E-state index contributed by atoms with van der Waals surface area (Å²) in [7, 11) is 0. The van der Waals surface area contributed by atoms with E-state index < -0.39 is 0 Å². The van der Waals surface area contributed by atoms with E-state index in [0.717, 1.165) is 13.2 Å². The molecule has 0 aromatic heterocycles. The van der Waals surface area contributed by atoms with E-state index in [1.165, 1.54) is 106 Å². The second-order valence-electron chi connectivity index (χ2n) is 8.10. The van der Waals surface area contributed by atoms with Gasteiger partial charge in [0.2, 0.25) is 0 Å². The normalized spacial score (nSPS) is 11.1. The Morgan fingerprint density at radius 2 is 0.857 bits per heavy atom. The van der Waals surface area contributed by atoms with Crippen molar-refractivity contribution in [1.82, 2.24) is 0 Å². The van der Waals surface area contributed by atoms with Gasteiger partial charge in [0, 0.05) is 0 Å². The van der Waals surface area contributed by atoms with Crippen LogP contribution in [0.5, 0.6) is 11.5 Å². The predicted molar refractivity (Wildman–Crippen MR) is 113 cm³/mol. The van der Waals surface area contributed by atoms with E-state index in [1.54, 1.807) is 0 Å². The van der Waals surface area contributed by atoms with Crippen LogP contribution in [-0.4, -0.2) is 13.2 Å². The predicted octanol–water partition coefficient (Wildman–Crippen LogP) is 6.13. The molecule has 0 bridgehead atoms. The van der Waals surface area contributed by atoms with Crippen LogP contribution in [-0.2, 0) is 52.2 Å². The van der Waals surface area contributed by atoms with E-state index in [9.17, 15) is 0 Å². The van der Waals surface area contributed by atoms with Gasteiger partial charge in [-0.15, -0.1) is 0 Å². The maximum absolute atomic E-state index is 6.30. The van der Waals surface area contributed by atoms with Crippen LogP contribution in [0, 0.1) is 13.8 Å². The van der Waals surface area contributed by atoms with Crippen LogP contribution in [0.4, 0.5) is 0 Å². The second-order valence-corrected chi connectivity index (χ2v) is 13.6. The van der Waals surface area contributed by atoms with Crippen molar-refractivity contribution in [1.29, 1.82) is 0 Å². The molecule has 1 rings (SSSR count). The molecule has 1 aromatic rings. The third-order valence-corrected chi connectivity index (χ3v) is 19.0. The van der Waals surface area contributed by atoms with Crippen LogP contribution in [0.15, 0.2) is 0 Å². The van der Waals surface area contributed by atoms with Gasteiger partial charge in [0.05, 0.1) is 0 Å². The quantitative estimate of drug-likeness (QED) is 0.149. The first-order valence-corrected chi connectivity index (χ1v) is 17.1. The SMILES string of the molecule is CCCCCCCCOc1c(C)c(C)c(OCCCCCCCC)[c]([Hg])[c]1[Hg]. The monoisotopic (exact) mass is 764 g/mol. The van der Waals surface area contributed by atoms with E-state index in [2.05, 4.69) is 27.7 Å². The zero-order valence-corrected chi connectivity index (χ0v) is 30.1. The van der Waals surface area contributed by atoms with Crippen LogP contribution in [0.25, 0.3) is 0 Å². The summed E-state index contributed by atoms with van der Waals surface area (Å²) < 4.78 is 15.6. The summed E-state index contributed by atoms with van der Waals surface area (Å²) in [5.41, 5.74) is 2.64. The molecule has 0 aliphatic carbocycles. The van der Waals surface area contributed by atoms with Crippen LogP contribution in [0.3, 0.4) is 0 Å². The summed E-state index contributed by atoms with van der Waals surface area (Å²) >= 11 is 1.15. The Morgan fingerprint density at radius 3 is 1.21 bits per heavy atom. The van der Waals surface area contributed by atoms with Gasteiger partial charge in [0.25, 0.3) is 0 Å². The van der Waals surface area contributed by atoms with Crippen molar-refractivity contribution in [3.8, 4) is 11.5 Å². The molecule has 28 heavy (non-hydrogen) atoms. The molecule has 0 fully saturated rings. The minimum absolute atomic E-state index is 0.577. The van der Waals surface area contributed by atoms with Gasteiger partial charge in [0.1, 0.15) is 0 Å². The van der Waals surface area contributed by atoms with Crippen molar-refractivity contribution in [3.63, 3.8) is 0 Å². The molecular formula is C24H40Hg2O2. The Labute approximate surface area is 206 Å². The fraction of sp³-hybridized carbons (Fsp3) is 0.750. The van der Waals surface area contributed by atoms with Crippen molar-refractivity contribution in [2.45, 2.75) is 105 Å². The van der Waals surface area contributed by atoms with Gasteiger partial charge in [-0.3, -0.25) is 0 Å². The average Bonchev–Trinajstić information content (AvgIpc) is 2.69. The third-order valence-electron chi connectivity index (χ3n) is 5.64. The van der Waals surface area contributed by atoms with Gasteiger partial charge < -0.3 is 0 Å². The molecule has 0 unspecified atom stereocenters. The fourth-order valence-electron chi connectivity index (χ4n) is 3.57. The molecule has 0 saturated heterocycles. The van der Waals surface area contributed by atoms with Gasteiger partial charge >= 0.3 is 208 Å². The van der Waals surface area contributed by atoms with Gasteiger partial charge in [-0.2, -0.15) is 0 Å². The van der Waals surface area contributed by atoms with Crippen LogP contribution in [0.2, 0.25) is 0 Å². The number of benzene rings is 1. The molecule has 4 heteroatoms. The van der Waals surface area contributed by atoms with Gasteiger partial charge in [0.15, 0.2) is 0 Å². The second kappa shape index (κ2) is 16.4.